The van der Waals surface area contributed by atoms with E-state index in [0.29, 0.717) is 6.10 Å². The zero-order chi connectivity index (χ0) is 12.8. The third-order valence-corrected chi connectivity index (χ3v) is 4.34. The van der Waals surface area contributed by atoms with Gasteiger partial charge in [-0.3, -0.25) is 4.90 Å². The predicted molar refractivity (Wildman–Crippen MR) is 75.0 cm³/mol. The highest BCUT2D eigenvalue weighted by molar-refractivity contribution is 4.72. The Hall–Kier alpha value is -0.160. The van der Waals surface area contributed by atoms with Crippen LogP contribution in [0.4, 0.5) is 0 Å². The van der Waals surface area contributed by atoms with Crippen molar-refractivity contribution in [1.82, 2.24) is 14.7 Å². The van der Waals surface area contributed by atoms with Gasteiger partial charge in [-0.15, -0.1) is 0 Å². The zero-order valence-corrected chi connectivity index (χ0v) is 12.1. The summed E-state index contributed by atoms with van der Waals surface area (Å²) in [6.07, 6.45) is 2.93. The molecule has 0 aromatic heterocycles. The van der Waals surface area contributed by atoms with Crippen LogP contribution in [0.15, 0.2) is 0 Å². The van der Waals surface area contributed by atoms with Crippen molar-refractivity contribution in [3.63, 3.8) is 0 Å². The van der Waals surface area contributed by atoms with E-state index >= 15 is 0 Å². The second-order valence-corrected chi connectivity index (χ2v) is 5.65. The molecule has 4 nitrogen and oxygen atoms in total. The number of piperazine rings is 1. The van der Waals surface area contributed by atoms with Crippen LogP contribution in [0.2, 0.25) is 0 Å². The summed E-state index contributed by atoms with van der Waals surface area (Å²) in [5, 5.41) is 0. The maximum atomic E-state index is 6.01. The maximum Gasteiger partial charge on any atom is 0.0600 e. The van der Waals surface area contributed by atoms with Crippen LogP contribution in [0.3, 0.4) is 0 Å². The minimum Gasteiger partial charge on any atom is -0.377 e. The Morgan fingerprint density at radius 3 is 2.17 bits per heavy atom. The fourth-order valence-electron chi connectivity index (χ4n) is 2.83. The lowest BCUT2D eigenvalue weighted by molar-refractivity contribution is -0.00234. The largest absolute Gasteiger partial charge is 0.377 e. The van der Waals surface area contributed by atoms with Gasteiger partial charge in [0.25, 0.3) is 0 Å². The van der Waals surface area contributed by atoms with Crippen molar-refractivity contribution in [3.8, 4) is 0 Å². The Morgan fingerprint density at radius 1 is 0.944 bits per heavy atom. The molecule has 0 bridgehead atoms. The van der Waals surface area contributed by atoms with E-state index in [0.717, 1.165) is 13.2 Å². The van der Waals surface area contributed by atoms with Crippen molar-refractivity contribution in [1.29, 1.82) is 0 Å². The van der Waals surface area contributed by atoms with Gasteiger partial charge < -0.3 is 14.5 Å². The molecule has 0 saturated carbocycles. The highest BCUT2D eigenvalue weighted by Crippen LogP contribution is 2.12. The molecule has 0 atom stereocenters. The van der Waals surface area contributed by atoms with E-state index in [2.05, 4.69) is 28.7 Å². The van der Waals surface area contributed by atoms with Gasteiger partial charge in [-0.1, -0.05) is 6.92 Å². The second kappa shape index (κ2) is 7.43. The molecular formula is C14H29N3O. The van der Waals surface area contributed by atoms with Crippen LogP contribution in [-0.2, 0) is 4.74 Å². The van der Waals surface area contributed by atoms with Gasteiger partial charge in [0.2, 0.25) is 0 Å². The minimum absolute atomic E-state index is 0.512. The topological polar surface area (TPSA) is 19.0 Å². The molecule has 0 aromatic carbocycles. The third-order valence-electron chi connectivity index (χ3n) is 4.34. The quantitative estimate of drug-likeness (QED) is 0.721. The van der Waals surface area contributed by atoms with Gasteiger partial charge in [0.05, 0.1) is 12.7 Å². The molecule has 18 heavy (non-hydrogen) atoms. The Balaban J connectivity index is 1.53. The first-order valence-electron chi connectivity index (χ1n) is 7.53. The number of hydrogen-bond acceptors (Lipinski definition) is 4. The lowest BCUT2D eigenvalue weighted by atomic mass is 10.1. The molecular weight excluding hydrogens is 226 g/mol. The number of likely N-dealkylation sites (tertiary alicyclic amines) is 1. The van der Waals surface area contributed by atoms with Crippen molar-refractivity contribution in [3.05, 3.63) is 0 Å². The van der Waals surface area contributed by atoms with Gasteiger partial charge in [0, 0.05) is 45.8 Å². The van der Waals surface area contributed by atoms with Gasteiger partial charge in [-0.05, 0) is 26.4 Å². The van der Waals surface area contributed by atoms with Crippen molar-refractivity contribution >= 4 is 0 Å². The molecule has 2 saturated heterocycles. The zero-order valence-electron chi connectivity index (χ0n) is 12.1. The van der Waals surface area contributed by atoms with E-state index in [4.69, 9.17) is 4.74 Å². The average molecular weight is 255 g/mol. The molecule has 0 unspecified atom stereocenters. The van der Waals surface area contributed by atoms with Crippen molar-refractivity contribution in [2.24, 2.45) is 0 Å². The molecule has 0 N–H and O–H groups in total. The Morgan fingerprint density at radius 2 is 1.56 bits per heavy atom. The lowest BCUT2D eigenvalue weighted by Gasteiger charge is -2.34. The van der Waals surface area contributed by atoms with Crippen LogP contribution in [-0.4, -0.2) is 86.8 Å². The first kappa shape index (κ1) is 14.3. The molecule has 2 heterocycles. The number of hydrogen-bond donors (Lipinski definition) is 0. The SMILES string of the molecule is CCN1CCN(CCOC2CCN(C)CC2)CC1. The van der Waals surface area contributed by atoms with Crippen molar-refractivity contribution in [2.75, 3.05) is 66.0 Å². The van der Waals surface area contributed by atoms with Crippen LogP contribution in [0.5, 0.6) is 0 Å². The van der Waals surface area contributed by atoms with Gasteiger partial charge in [-0.25, -0.2) is 0 Å². The first-order chi connectivity index (χ1) is 8.78. The molecule has 0 radical (unpaired) electrons. The summed E-state index contributed by atoms with van der Waals surface area (Å²) in [5.41, 5.74) is 0. The van der Waals surface area contributed by atoms with E-state index in [-0.39, 0.29) is 0 Å². The van der Waals surface area contributed by atoms with E-state index in [9.17, 15) is 0 Å². The van der Waals surface area contributed by atoms with Crippen LogP contribution in [0.25, 0.3) is 0 Å². The van der Waals surface area contributed by atoms with Crippen LogP contribution in [0.1, 0.15) is 19.8 Å². The summed E-state index contributed by atoms with van der Waals surface area (Å²) >= 11 is 0. The molecule has 106 valence electrons. The Labute approximate surface area is 112 Å². The average Bonchev–Trinajstić information content (AvgIpc) is 2.42. The number of likely N-dealkylation sites (N-methyl/N-ethyl adjacent to an activating group) is 1. The van der Waals surface area contributed by atoms with E-state index in [1.165, 1.54) is 58.7 Å². The molecule has 4 heteroatoms. The summed E-state index contributed by atoms with van der Waals surface area (Å²) < 4.78 is 6.01. The molecule has 2 fully saturated rings. The van der Waals surface area contributed by atoms with Crippen molar-refractivity contribution in [2.45, 2.75) is 25.9 Å². The first-order valence-corrected chi connectivity index (χ1v) is 7.53. The molecule has 0 aliphatic carbocycles. The van der Waals surface area contributed by atoms with Crippen molar-refractivity contribution < 1.29 is 4.74 Å². The number of piperidine rings is 1. The summed E-state index contributed by atoms with van der Waals surface area (Å²) in [4.78, 5) is 7.46. The Kier molecular flexibility index (Phi) is 5.89. The number of nitrogens with zero attached hydrogens (tertiary/aromatic N) is 3. The summed E-state index contributed by atoms with van der Waals surface area (Å²) in [6, 6.07) is 0. The Bertz CT molecular complexity index is 221. The third kappa shape index (κ3) is 4.50. The molecule has 2 aliphatic rings. The summed E-state index contributed by atoms with van der Waals surface area (Å²) in [5.74, 6) is 0. The van der Waals surface area contributed by atoms with Gasteiger partial charge in [0.15, 0.2) is 0 Å². The highest BCUT2D eigenvalue weighted by atomic mass is 16.5. The van der Waals surface area contributed by atoms with Gasteiger partial charge in [0.1, 0.15) is 0 Å². The van der Waals surface area contributed by atoms with E-state index in [1.807, 2.05) is 0 Å². The van der Waals surface area contributed by atoms with E-state index in [1.54, 1.807) is 0 Å². The highest BCUT2D eigenvalue weighted by Gasteiger charge is 2.18. The summed E-state index contributed by atoms with van der Waals surface area (Å²) in [7, 11) is 2.20. The summed E-state index contributed by atoms with van der Waals surface area (Å²) in [6.45, 7) is 12.7. The molecule has 0 spiro atoms. The fraction of sp³-hybridized carbons (Fsp3) is 1.00. The monoisotopic (exact) mass is 255 g/mol. The molecule has 2 rings (SSSR count). The van der Waals surface area contributed by atoms with E-state index < -0.39 is 0 Å². The second-order valence-electron chi connectivity index (χ2n) is 5.65. The van der Waals surface area contributed by atoms with Crippen LogP contribution in [0, 0.1) is 0 Å². The number of ether oxygens (including phenoxy) is 1. The van der Waals surface area contributed by atoms with Crippen LogP contribution < -0.4 is 0 Å². The molecule has 2 aliphatic heterocycles. The lowest BCUT2D eigenvalue weighted by Crippen LogP contribution is -2.47. The standard InChI is InChI=1S/C14H29N3O/c1-3-16-8-10-17(11-9-16)12-13-18-14-4-6-15(2)7-5-14/h14H,3-13H2,1-2H3. The smallest absolute Gasteiger partial charge is 0.0600 e. The molecule has 0 amide bonds. The van der Waals surface area contributed by atoms with Gasteiger partial charge >= 0.3 is 0 Å². The van der Waals surface area contributed by atoms with Crippen LogP contribution >= 0.6 is 0 Å². The fourth-order valence-corrected chi connectivity index (χ4v) is 2.83. The normalized spacial score (nSPS) is 25.7. The minimum atomic E-state index is 0.512. The van der Waals surface area contributed by atoms with Gasteiger partial charge in [-0.2, -0.15) is 0 Å². The predicted octanol–water partition coefficient (Wildman–Crippen LogP) is 0.735. The molecule has 0 aromatic rings. The maximum absolute atomic E-state index is 6.01. The number of rotatable bonds is 5.